The van der Waals surface area contributed by atoms with E-state index < -0.39 is 0 Å². The van der Waals surface area contributed by atoms with Gasteiger partial charge in [0.1, 0.15) is 5.82 Å². The third kappa shape index (κ3) is 4.58. The molecule has 0 aliphatic carbocycles. The Bertz CT molecular complexity index is 368. The molecule has 3 heteroatoms. The lowest BCUT2D eigenvalue weighted by atomic mass is 9.92. The number of hydrogen-bond acceptors (Lipinski definition) is 1. The van der Waals surface area contributed by atoms with Crippen molar-refractivity contribution in [2.75, 3.05) is 6.54 Å². The third-order valence-electron chi connectivity index (χ3n) is 3.21. The van der Waals surface area contributed by atoms with E-state index in [9.17, 15) is 4.39 Å². The summed E-state index contributed by atoms with van der Waals surface area (Å²) in [5.74, 6) is 0.381. The van der Waals surface area contributed by atoms with Gasteiger partial charge in [-0.25, -0.2) is 4.39 Å². The summed E-state index contributed by atoms with van der Waals surface area (Å²) < 4.78 is 13.9. The highest BCUT2D eigenvalue weighted by Gasteiger charge is 2.17. The molecule has 2 atom stereocenters. The first-order valence-corrected chi connectivity index (χ1v) is 7.14. The molecule has 2 unspecified atom stereocenters. The molecule has 0 fully saturated rings. The first-order chi connectivity index (χ1) is 8.58. The van der Waals surface area contributed by atoms with Crippen molar-refractivity contribution in [1.82, 2.24) is 5.32 Å². The Morgan fingerprint density at radius 2 is 2.06 bits per heavy atom. The van der Waals surface area contributed by atoms with Crippen LogP contribution in [-0.4, -0.2) is 6.54 Å². The maximum absolute atomic E-state index is 13.9. The van der Waals surface area contributed by atoms with Crippen molar-refractivity contribution in [3.05, 3.63) is 34.6 Å². The lowest BCUT2D eigenvalue weighted by molar-refractivity contribution is 0.386. The molecule has 1 rings (SSSR count). The van der Waals surface area contributed by atoms with Gasteiger partial charge in [0.05, 0.1) is 0 Å². The molecule has 0 saturated heterocycles. The van der Waals surface area contributed by atoms with Crippen LogP contribution >= 0.6 is 11.6 Å². The average Bonchev–Trinajstić information content (AvgIpc) is 2.29. The Labute approximate surface area is 115 Å². The number of nitrogens with one attached hydrogen (secondary N) is 1. The Morgan fingerprint density at radius 1 is 1.33 bits per heavy atom. The summed E-state index contributed by atoms with van der Waals surface area (Å²) in [6.07, 6.45) is 3.31. The largest absolute Gasteiger partial charge is 0.310 e. The summed E-state index contributed by atoms with van der Waals surface area (Å²) in [6.45, 7) is 7.29. The van der Waals surface area contributed by atoms with Crippen molar-refractivity contribution >= 4 is 11.6 Å². The topological polar surface area (TPSA) is 12.0 Å². The maximum Gasteiger partial charge on any atom is 0.129 e. The van der Waals surface area contributed by atoms with Gasteiger partial charge in [-0.05, 0) is 31.0 Å². The SMILES string of the molecule is CCCC(C)CC(NCC)c1ccc(Cl)cc1F. The predicted octanol–water partition coefficient (Wildman–Crippen LogP) is 4.96. The Hall–Kier alpha value is -0.600. The van der Waals surface area contributed by atoms with E-state index in [0.29, 0.717) is 10.9 Å². The van der Waals surface area contributed by atoms with Crippen LogP contribution in [0.2, 0.25) is 5.02 Å². The van der Waals surface area contributed by atoms with Crippen molar-refractivity contribution in [2.45, 2.75) is 46.1 Å². The molecule has 0 aliphatic heterocycles. The number of rotatable bonds is 7. The molecule has 0 heterocycles. The summed E-state index contributed by atoms with van der Waals surface area (Å²) in [7, 11) is 0. The molecular formula is C15H23ClFN. The monoisotopic (exact) mass is 271 g/mol. The van der Waals surface area contributed by atoms with Gasteiger partial charge in [-0.3, -0.25) is 0 Å². The first kappa shape index (κ1) is 15.5. The highest BCUT2D eigenvalue weighted by Crippen LogP contribution is 2.27. The van der Waals surface area contributed by atoms with E-state index in [4.69, 9.17) is 11.6 Å². The van der Waals surface area contributed by atoms with Crippen molar-refractivity contribution in [3.63, 3.8) is 0 Å². The smallest absolute Gasteiger partial charge is 0.129 e. The van der Waals surface area contributed by atoms with Gasteiger partial charge in [0.25, 0.3) is 0 Å². The van der Waals surface area contributed by atoms with Crippen molar-refractivity contribution in [2.24, 2.45) is 5.92 Å². The Kier molecular flexibility index (Phi) is 6.66. The summed E-state index contributed by atoms with van der Waals surface area (Å²) >= 11 is 5.79. The summed E-state index contributed by atoms with van der Waals surface area (Å²) in [6, 6.07) is 5.03. The Balaban J connectivity index is 2.82. The van der Waals surface area contributed by atoms with Gasteiger partial charge in [0.15, 0.2) is 0 Å². The van der Waals surface area contributed by atoms with Gasteiger partial charge in [-0.15, -0.1) is 0 Å². The lowest BCUT2D eigenvalue weighted by Crippen LogP contribution is -2.24. The average molecular weight is 272 g/mol. The van der Waals surface area contributed by atoms with Gasteiger partial charge in [-0.2, -0.15) is 0 Å². The zero-order valence-electron chi connectivity index (χ0n) is 11.5. The van der Waals surface area contributed by atoms with Crippen LogP contribution in [0.1, 0.15) is 51.6 Å². The van der Waals surface area contributed by atoms with Crippen LogP contribution in [0.5, 0.6) is 0 Å². The van der Waals surface area contributed by atoms with Gasteiger partial charge in [-0.1, -0.05) is 51.3 Å². The molecule has 0 radical (unpaired) electrons. The molecule has 18 heavy (non-hydrogen) atoms. The second-order valence-corrected chi connectivity index (χ2v) is 5.34. The zero-order chi connectivity index (χ0) is 13.5. The summed E-state index contributed by atoms with van der Waals surface area (Å²) in [5.41, 5.74) is 0.726. The van der Waals surface area contributed by atoms with E-state index in [-0.39, 0.29) is 11.9 Å². The van der Waals surface area contributed by atoms with Gasteiger partial charge < -0.3 is 5.32 Å². The molecule has 102 valence electrons. The molecule has 0 aromatic heterocycles. The Morgan fingerprint density at radius 3 is 2.61 bits per heavy atom. The zero-order valence-corrected chi connectivity index (χ0v) is 12.2. The number of halogens is 2. The molecule has 0 saturated carbocycles. The second kappa shape index (κ2) is 7.75. The number of hydrogen-bond donors (Lipinski definition) is 1. The van der Waals surface area contributed by atoms with Crippen LogP contribution < -0.4 is 5.32 Å². The minimum absolute atomic E-state index is 0.0776. The van der Waals surface area contributed by atoms with Gasteiger partial charge in [0, 0.05) is 16.6 Å². The van der Waals surface area contributed by atoms with E-state index in [1.807, 2.05) is 6.92 Å². The van der Waals surface area contributed by atoms with Gasteiger partial charge >= 0.3 is 0 Å². The molecular weight excluding hydrogens is 249 g/mol. The fraction of sp³-hybridized carbons (Fsp3) is 0.600. The highest BCUT2D eigenvalue weighted by molar-refractivity contribution is 6.30. The molecule has 0 aliphatic rings. The summed E-state index contributed by atoms with van der Waals surface area (Å²) in [4.78, 5) is 0. The molecule has 0 spiro atoms. The van der Waals surface area contributed by atoms with E-state index in [2.05, 4.69) is 19.2 Å². The minimum Gasteiger partial charge on any atom is -0.310 e. The van der Waals surface area contributed by atoms with Crippen LogP contribution in [0.4, 0.5) is 4.39 Å². The quantitative estimate of drug-likeness (QED) is 0.739. The fourth-order valence-corrected chi connectivity index (χ4v) is 2.52. The van der Waals surface area contributed by atoms with Gasteiger partial charge in [0.2, 0.25) is 0 Å². The van der Waals surface area contributed by atoms with Crippen LogP contribution in [0.25, 0.3) is 0 Å². The number of benzene rings is 1. The third-order valence-corrected chi connectivity index (χ3v) is 3.44. The predicted molar refractivity (Wildman–Crippen MR) is 76.5 cm³/mol. The molecule has 0 bridgehead atoms. The maximum atomic E-state index is 13.9. The molecule has 0 amide bonds. The summed E-state index contributed by atoms with van der Waals surface area (Å²) in [5, 5.41) is 3.82. The highest BCUT2D eigenvalue weighted by atomic mass is 35.5. The van der Waals surface area contributed by atoms with E-state index in [0.717, 1.165) is 18.5 Å². The van der Waals surface area contributed by atoms with Crippen molar-refractivity contribution < 1.29 is 4.39 Å². The van der Waals surface area contributed by atoms with Crippen LogP contribution in [0.3, 0.4) is 0 Å². The standard InChI is InChI=1S/C15H23ClFN/c1-4-6-11(3)9-15(18-5-2)13-8-7-12(16)10-14(13)17/h7-8,10-11,15,18H,4-6,9H2,1-3H3. The van der Waals surface area contributed by atoms with Crippen molar-refractivity contribution in [3.8, 4) is 0 Å². The first-order valence-electron chi connectivity index (χ1n) is 6.76. The fourth-order valence-electron chi connectivity index (χ4n) is 2.36. The van der Waals surface area contributed by atoms with Crippen LogP contribution in [-0.2, 0) is 0 Å². The van der Waals surface area contributed by atoms with Crippen molar-refractivity contribution in [1.29, 1.82) is 0 Å². The van der Waals surface area contributed by atoms with E-state index in [1.165, 1.54) is 18.9 Å². The normalized spacial score (nSPS) is 14.5. The molecule has 1 nitrogen and oxygen atoms in total. The van der Waals surface area contributed by atoms with Crippen LogP contribution in [0.15, 0.2) is 18.2 Å². The molecule has 1 N–H and O–H groups in total. The minimum atomic E-state index is -0.211. The van der Waals surface area contributed by atoms with E-state index in [1.54, 1.807) is 12.1 Å². The van der Waals surface area contributed by atoms with Crippen LogP contribution in [0, 0.1) is 11.7 Å². The van der Waals surface area contributed by atoms with E-state index >= 15 is 0 Å². The lowest BCUT2D eigenvalue weighted by Gasteiger charge is -2.22. The second-order valence-electron chi connectivity index (χ2n) is 4.91. The molecule has 1 aromatic rings. The molecule has 1 aromatic carbocycles.